The zero-order valence-electron chi connectivity index (χ0n) is 19.5. The molecule has 2 amide bonds. The Morgan fingerprint density at radius 2 is 1.88 bits per heavy atom. The molecule has 0 bridgehead atoms. The fourth-order valence-corrected chi connectivity index (χ4v) is 3.94. The number of nitrogens with one attached hydrogen (secondary N) is 2. The van der Waals surface area contributed by atoms with Crippen molar-refractivity contribution in [2.24, 2.45) is 0 Å². The van der Waals surface area contributed by atoms with Gasteiger partial charge in [0.05, 0.1) is 30.0 Å². The highest BCUT2D eigenvalue weighted by Gasteiger charge is 2.25. The number of benzene rings is 1. The molecule has 180 valence electrons. The van der Waals surface area contributed by atoms with Crippen molar-refractivity contribution in [3.05, 3.63) is 53.7 Å². The summed E-state index contributed by atoms with van der Waals surface area (Å²) in [6.45, 7) is 5.38. The third kappa shape index (κ3) is 6.32. The maximum Gasteiger partial charge on any atom is 0.339 e. The summed E-state index contributed by atoms with van der Waals surface area (Å²) in [5, 5.41) is 5.88. The lowest BCUT2D eigenvalue weighted by molar-refractivity contribution is -0.117. The number of amides is 2. The van der Waals surface area contributed by atoms with Crippen LogP contribution in [0.3, 0.4) is 0 Å². The highest BCUT2D eigenvalue weighted by atomic mass is 16.5. The van der Waals surface area contributed by atoms with E-state index in [2.05, 4.69) is 25.4 Å². The number of carbonyl (C=O) groups is 3. The summed E-state index contributed by atoms with van der Waals surface area (Å²) in [6.07, 6.45) is 4.45. The summed E-state index contributed by atoms with van der Waals surface area (Å²) < 4.78 is 5.01. The molecule has 2 aromatic rings. The number of rotatable bonds is 8. The van der Waals surface area contributed by atoms with E-state index in [4.69, 9.17) is 4.74 Å². The highest BCUT2D eigenvalue weighted by Crippen LogP contribution is 2.22. The van der Waals surface area contributed by atoms with Crippen molar-refractivity contribution in [3.8, 4) is 0 Å². The summed E-state index contributed by atoms with van der Waals surface area (Å²) >= 11 is 0. The first-order chi connectivity index (χ1) is 16.5. The second-order valence-electron chi connectivity index (χ2n) is 8.58. The summed E-state index contributed by atoms with van der Waals surface area (Å²) in [5.41, 5.74) is 1.46. The molecule has 0 radical (unpaired) electrons. The molecule has 1 aliphatic carbocycles. The molecule has 1 aliphatic heterocycles. The van der Waals surface area contributed by atoms with Gasteiger partial charge in [-0.1, -0.05) is 12.1 Å². The number of aromatic nitrogens is 1. The maximum atomic E-state index is 12.8. The van der Waals surface area contributed by atoms with Gasteiger partial charge in [0.2, 0.25) is 5.91 Å². The molecule has 2 aliphatic rings. The largest absolute Gasteiger partial charge is 0.462 e. The van der Waals surface area contributed by atoms with Crippen molar-refractivity contribution < 1.29 is 19.1 Å². The molecule has 0 atom stereocenters. The van der Waals surface area contributed by atoms with Gasteiger partial charge in [0.15, 0.2) is 0 Å². The fraction of sp³-hybridized carbons (Fsp3) is 0.440. The number of ether oxygens (including phenoxy) is 1. The van der Waals surface area contributed by atoms with Crippen LogP contribution in [0.5, 0.6) is 0 Å². The van der Waals surface area contributed by atoms with E-state index in [1.54, 1.807) is 37.4 Å². The summed E-state index contributed by atoms with van der Waals surface area (Å²) in [6, 6.07) is 10.9. The molecule has 9 nitrogen and oxygen atoms in total. The van der Waals surface area contributed by atoms with Crippen LogP contribution < -0.4 is 15.5 Å². The second-order valence-corrected chi connectivity index (χ2v) is 8.58. The number of pyridine rings is 1. The topological polar surface area (TPSA) is 104 Å². The van der Waals surface area contributed by atoms with Gasteiger partial charge < -0.3 is 20.3 Å². The predicted octanol–water partition coefficient (Wildman–Crippen LogP) is 2.30. The van der Waals surface area contributed by atoms with Gasteiger partial charge in [0, 0.05) is 38.4 Å². The van der Waals surface area contributed by atoms with Crippen LogP contribution in [-0.4, -0.2) is 73.0 Å². The van der Waals surface area contributed by atoms with Gasteiger partial charge in [0.25, 0.3) is 5.91 Å². The van der Waals surface area contributed by atoms with Crippen LogP contribution in [0.4, 0.5) is 11.5 Å². The predicted molar refractivity (Wildman–Crippen MR) is 129 cm³/mol. The molecular weight excluding hydrogens is 434 g/mol. The third-order valence-electron chi connectivity index (χ3n) is 5.90. The molecule has 0 unspecified atom stereocenters. The molecule has 2 fully saturated rings. The number of carbonyl (C=O) groups excluding carboxylic acids is 3. The monoisotopic (exact) mass is 465 g/mol. The first kappa shape index (κ1) is 23.7. The molecule has 2 N–H and O–H groups in total. The van der Waals surface area contributed by atoms with Crippen LogP contribution in [0, 0.1) is 0 Å². The van der Waals surface area contributed by atoms with E-state index >= 15 is 0 Å². The van der Waals surface area contributed by atoms with Crippen LogP contribution in [0.25, 0.3) is 0 Å². The van der Waals surface area contributed by atoms with Crippen molar-refractivity contribution in [1.82, 2.24) is 15.2 Å². The minimum absolute atomic E-state index is 0.142. The zero-order chi connectivity index (χ0) is 23.9. The summed E-state index contributed by atoms with van der Waals surface area (Å²) in [5.74, 6) is 0.137. The average Bonchev–Trinajstić information content (AvgIpc) is 3.67. The summed E-state index contributed by atoms with van der Waals surface area (Å²) in [7, 11) is 0. The number of esters is 1. The van der Waals surface area contributed by atoms with E-state index < -0.39 is 0 Å². The van der Waals surface area contributed by atoms with Crippen molar-refractivity contribution in [1.29, 1.82) is 0 Å². The maximum absolute atomic E-state index is 12.8. The van der Waals surface area contributed by atoms with E-state index in [1.807, 2.05) is 12.1 Å². The Balaban J connectivity index is 1.30. The van der Waals surface area contributed by atoms with E-state index in [9.17, 15) is 14.4 Å². The van der Waals surface area contributed by atoms with Crippen LogP contribution >= 0.6 is 0 Å². The lowest BCUT2D eigenvalue weighted by Gasteiger charge is -2.22. The SMILES string of the molecule is CCOC(=O)c1ccc(N2CCCN(CC(=O)Nc3ccccc3C(=O)NC3CC3)CC2)nc1. The minimum atomic E-state index is -0.374. The number of nitrogens with zero attached hydrogens (tertiary/aromatic N) is 3. The van der Waals surface area contributed by atoms with Gasteiger partial charge in [-0.2, -0.15) is 0 Å². The highest BCUT2D eigenvalue weighted by molar-refractivity contribution is 6.04. The first-order valence-electron chi connectivity index (χ1n) is 11.8. The summed E-state index contributed by atoms with van der Waals surface area (Å²) in [4.78, 5) is 45.8. The van der Waals surface area contributed by atoms with Crippen molar-refractivity contribution in [2.75, 3.05) is 49.5 Å². The molecule has 4 rings (SSSR count). The number of anilines is 2. The van der Waals surface area contributed by atoms with Crippen LogP contribution in [-0.2, 0) is 9.53 Å². The molecule has 1 aromatic carbocycles. The lowest BCUT2D eigenvalue weighted by Crippen LogP contribution is -2.37. The Hall–Kier alpha value is -3.46. The molecular formula is C25H31N5O4. The Morgan fingerprint density at radius 3 is 2.62 bits per heavy atom. The van der Waals surface area contributed by atoms with E-state index in [0.717, 1.165) is 44.7 Å². The molecule has 0 spiro atoms. The lowest BCUT2D eigenvalue weighted by atomic mass is 10.1. The minimum Gasteiger partial charge on any atom is -0.462 e. The zero-order valence-corrected chi connectivity index (χ0v) is 19.5. The van der Waals surface area contributed by atoms with Crippen molar-refractivity contribution >= 4 is 29.3 Å². The molecule has 9 heteroatoms. The van der Waals surface area contributed by atoms with Crippen molar-refractivity contribution in [2.45, 2.75) is 32.2 Å². The molecule has 34 heavy (non-hydrogen) atoms. The van der Waals surface area contributed by atoms with Gasteiger partial charge >= 0.3 is 5.97 Å². The standard InChI is InChI=1S/C25H31N5O4/c1-2-34-25(33)18-8-11-22(26-16-18)30-13-5-12-29(14-15-30)17-23(31)28-21-7-4-3-6-20(21)24(32)27-19-9-10-19/h3-4,6-8,11,16,19H,2,5,9-10,12-15,17H2,1H3,(H,27,32)(H,28,31). The van der Waals surface area contributed by atoms with Gasteiger partial charge in [0.1, 0.15) is 5.82 Å². The Morgan fingerprint density at radius 1 is 1.06 bits per heavy atom. The van der Waals surface area contributed by atoms with E-state index in [1.165, 1.54) is 0 Å². The van der Waals surface area contributed by atoms with Crippen LogP contribution in [0.1, 0.15) is 46.9 Å². The second kappa shape index (κ2) is 11.1. The van der Waals surface area contributed by atoms with Crippen molar-refractivity contribution in [3.63, 3.8) is 0 Å². The Bertz CT molecular complexity index is 1020. The molecule has 2 heterocycles. The number of hydrogen-bond acceptors (Lipinski definition) is 7. The molecule has 1 saturated heterocycles. The van der Waals surface area contributed by atoms with E-state index in [0.29, 0.717) is 30.0 Å². The molecule has 1 aromatic heterocycles. The van der Waals surface area contributed by atoms with Crippen LogP contribution in [0.15, 0.2) is 42.6 Å². The first-order valence-corrected chi connectivity index (χ1v) is 11.8. The smallest absolute Gasteiger partial charge is 0.339 e. The average molecular weight is 466 g/mol. The van der Waals surface area contributed by atoms with Gasteiger partial charge in [-0.15, -0.1) is 0 Å². The Labute approximate surface area is 199 Å². The fourth-order valence-electron chi connectivity index (χ4n) is 3.94. The quantitative estimate of drug-likeness (QED) is 0.577. The van der Waals surface area contributed by atoms with Crippen LogP contribution in [0.2, 0.25) is 0 Å². The number of para-hydroxylation sites is 1. The molecule has 1 saturated carbocycles. The van der Waals surface area contributed by atoms with Gasteiger partial charge in [-0.3, -0.25) is 14.5 Å². The van der Waals surface area contributed by atoms with Gasteiger partial charge in [-0.05, 0) is 50.5 Å². The number of hydrogen-bond donors (Lipinski definition) is 2. The van der Waals surface area contributed by atoms with Gasteiger partial charge in [-0.25, -0.2) is 9.78 Å². The Kier molecular flexibility index (Phi) is 7.74. The van der Waals surface area contributed by atoms with E-state index in [-0.39, 0.29) is 30.4 Å². The third-order valence-corrected chi connectivity index (χ3v) is 5.90. The normalized spacial score (nSPS) is 16.4.